The smallest absolute Gasteiger partial charge is 0.319 e. The highest BCUT2D eigenvalue weighted by atomic mass is 35.5. The Labute approximate surface area is 237 Å². The molecule has 0 bridgehead atoms. The molecule has 3 rings (SSSR count). The van der Waals surface area contributed by atoms with Crippen molar-refractivity contribution < 1.29 is 9.59 Å². The summed E-state index contributed by atoms with van der Waals surface area (Å²) in [6.45, 7) is 8.84. The lowest BCUT2D eigenvalue weighted by atomic mass is 9.97. The van der Waals surface area contributed by atoms with Crippen LogP contribution < -0.4 is 16.0 Å². The largest absolute Gasteiger partial charge is 0.353 e. The highest BCUT2D eigenvalue weighted by Crippen LogP contribution is 2.23. The van der Waals surface area contributed by atoms with Crippen LogP contribution in [-0.4, -0.2) is 49.6 Å². The van der Waals surface area contributed by atoms with Gasteiger partial charge in [-0.1, -0.05) is 61.7 Å². The summed E-state index contributed by atoms with van der Waals surface area (Å²) in [5.74, 6) is 0.834. The van der Waals surface area contributed by atoms with Gasteiger partial charge in [0.15, 0.2) is 0 Å². The van der Waals surface area contributed by atoms with Gasteiger partial charge in [0, 0.05) is 31.4 Å². The molecule has 2 aromatic carbocycles. The number of anilines is 1. The molecule has 1 saturated heterocycles. The molecule has 0 aliphatic carbocycles. The molecule has 1 unspecified atom stereocenters. The second kappa shape index (κ2) is 15.8. The van der Waals surface area contributed by atoms with Crippen LogP contribution in [-0.2, 0) is 4.79 Å². The normalized spacial score (nSPS) is 16.1. The van der Waals surface area contributed by atoms with Crippen molar-refractivity contribution >= 4 is 46.9 Å². The number of carbonyl (C=O) groups excluding carboxylic acids is 2. The Morgan fingerprint density at radius 3 is 2.55 bits per heavy atom. The van der Waals surface area contributed by atoms with Crippen LogP contribution in [0.1, 0.15) is 63.0 Å². The van der Waals surface area contributed by atoms with Gasteiger partial charge in [0.25, 0.3) is 0 Å². The molecule has 0 spiro atoms. The van der Waals surface area contributed by atoms with E-state index >= 15 is 0 Å². The standard InChI is InChI=1S/C30H40Cl2N4O2/c1-22(2)25-10-12-26(13-11-25)35-30(38)34-20-24-7-6-18-36(21-24)17-5-3-4-16-33-29(37)15-9-23-8-14-27(31)28(32)19-23/h8-15,19,22,24H,3-7,16-18,20-21H2,1-2H3,(H,33,37)(H2,34,35,38)/b15-9+. The van der Waals surface area contributed by atoms with Crippen LogP contribution in [0.4, 0.5) is 10.5 Å². The molecule has 0 saturated carbocycles. The van der Waals surface area contributed by atoms with E-state index in [1.165, 1.54) is 11.6 Å². The van der Waals surface area contributed by atoms with Gasteiger partial charge in [0.1, 0.15) is 0 Å². The highest BCUT2D eigenvalue weighted by molar-refractivity contribution is 6.42. The molecule has 1 atom stereocenters. The molecule has 3 N–H and O–H groups in total. The molecular weight excluding hydrogens is 519 g/mol. The topological polar surface area (TPSA) is 73.5 Å². The monoisotopic (exact) mass is 558 g/mol. The lowest BCUT2D eigenvalue weighted by molar-refractivity contribution is -0.116. The molecule has 0 radical (unpaired) electrons. The second-order valence-electron chi connectivity index (χ2n) is 10.3. The number of rotatable bonds is 12. The van der Waals surface area contributed by atoms with Gasteiger partial charge in [-0.25, -0.2) is 4.79 Å². The third-order valence-electron chi connectivity index (χ3n) is 6.81. The Kier molecular flexibility index (Phi) is 12.5. The van der Waals surface area contributed by atoms with Gasteiger partial charge >= 0.3 is 6.03 Å². The van der Waals surface area contributed by atoms with E-state index in [1.807, 2.05) is 18.2 Å². The Morgan fingerprint density at radius 1 is 1.03 bits per heavy atom. The summed E-state index contributed by atoms with van der Waals surface area (Å²) in [4.78, 5) is 26.9. The number of benzene rings is 2. The molecule has 1 aliphatic heterocycles. The first-order valence-electron chi connectivity index (χ1n) is 13.6. The third kappa shape index (κ3) is 10.7. The quantitative estimate of drug-likeness (QED) is 0.195. The van der Waals surface area contributed by atoms with E-state index in [0.29, 0.717) is 35.0 Å². The first-order valence-corrected chi connectivity index (χ1v) is 14.3. The summed E-state index contributed by atoms with van der Waals surface area (Å²) in [5.41, 5.74) is 2.91. The zero-order valence-corrected chi connectivity index (χ0v) is 24.0. The Morgan fingerprint density at radius 2 is 1.82 bits per heavy atom. The number of carbonyl (C=O) groups is 2. The van der Waals surface area contributed by atoms with Crippen molar-refractivity contribution in [2.24, 2.45) is 5.92 Å². The molecule has 1 aliphatic rings. The van der Waals surface area contributed by atoms with E-state index in [0.717, 1.165) is 63.0 Å². The first kappa shape index (κ1) is 30.0. The van der Waals surface area contributed by atoms with E-state index in [1.54, 1.807) is 18.2 Å². The third-order valence-corrected chi connectivity index (χ3v) is 7.55. The number of piperidine rings is 1. The minimum atomic E-state index is -0.145. The van der Waals surface area contributed by atoms with Gasteiger partial charge in [-0.3, -0.25) is 4.79 Å². The molecule has 1 heterocycles. The van der Waals surface area contributed by atoms with Crippen LogP contribution in [0.5, 0.6) is 0 Å². The number of nitrogens with one attached hydrogen (secondary N) is 3. The fraction of sp³-hybridized carbons (Fsp3) is 0.467. The molecule has 3 amide bonds. The number of nitrogens with zero attached hydrogens (tertiary/aromatic N) is 1. The van der Waals surface area contributed by atoms with Gasteiger partial charge in [0.2, 0.25) is 5.91 Å². The summed E-state index contributed by atoms with van der Waals surface area (Å²) in [5, 5.41) is 9.88. The van der Waals surface area contributed by atoms with Crippen LogP contribution in [0.15, 0.2) is 48.5 Å². The average Bonchev–Trinajstić information content (AvgIpc) is 2.90. The number of hydrogen-bond donors (Lipinski definition) is 3. The molecule has 206 valence electrons. The molecule has 8 heteroatoms. The summed E-state index contributed by atoms with van der Waals surface area (Å²) >= 11 is 11.9. The van der Waals surface area contributed by atoms with E-state index < -0.39 is 0 Å². The minimum absolute atomic E-state index is 0.112. The molecule has 1 fully saturated rings. The van der Waals surface area contributed by atoms with Crippen molar-refractivity contribution in [2.45, 2.75) is 51.9 Å². The van der Waals surface area contributed by atoms with Crippen LogP contribution >= 0.6 is 23.2 Å². The molecule has 0 aromatic heterocycles. The van der Waals surface area contributed by atoms with E-state index in [-0.39, 0.29) is 11.9 Å². The highest BCUT2D eigenvalue weighted by Gasteiger charge is 2.20. The van der Waals surface area contributed by atoms with E-state index in [2.05, 4.69) is 46.8 Å². The fourth-order valence-electron chi connectivity index (χ4n) is 4.58. The Hall–Kier alpha value is -2.54. The van der Waals surface area contributed by atoms with Crippen molar-refractivity contribution in [3.05, 3.63) is 69.7 Å². The van der Waals surface area contributed by atoms with Crippen molar-refractivity contribution in [1.29, 1.82) is 0 Å². The van der Waals surface area contributed by atoms with E-state index in [4.69, 9.17) is 23.2 Å². The zero-order valence-electron chi connectivity index (χ0n) is 22.4. The maximum absolute atomic E-state index is 12.3. The van der Waals surface area contributed by atoms with Gasteiger partial charge in [-0.2, -0.15) is 0 Å². The summed E-state index contributed by atoms with van der Waals surface area (Å²) < 4.78 is 0. The van der Waals surface area contributed by atoms with E-state index in [9.17, 15) is 9.59 Å². The fourth-order valence-corrected chi connectivity index (χ4v) is 4.89. The van der Waals surface area contributed by atoms with Gasteiger partial charge in [-0.15, -0.1) is 0 Å². The Bertz CT molecular complexity index is 1070. The van der Waals surface area contributed by atoms with Gasteiger partial charge in [-0.05, 0) is 92.1 Å². The number of amides is 3. The molecule has 2 aromatic rings. The summed E-state index contributed by atoms with van der Waals surface area (Å²) in [6.07, 6.45) is 8.66. The van der Waals surface area contributed by atoms with Crippen LogP contribution in [0.3, 0.4) is 0 Å². The van der Waals surface area contributed by atoms with Crippen molar-refractivity contribution in [2.75, 3.05) is 38.0 Å². The minimum Gasteiger partial charge on any atom is -0.353 e. The Balaban J connectivity index is 1.25. The number of likely N-dealkylation sites (tertiary alicyclic amines) is 1. The lowest BCUT2D eigenvalue weighted by Gasteiger charge is -2.32. The second-order valence-corrected chi connectivity index (χ2v) is 11.1. The van der Waals surface area contributed by atoms with Crippen LogP contribution in [0.2, 0.25) is 10.0 Å². The first-order chi connectivity index (χ1) is 18.3. The van der Waals surface area contributed by atoms with Gasteiger partial charge in [0.05, 0.1) is 10.0 Å². The van der Waals surface area contributed by atoms with Gasteiger partial charge < -0.3 is 20.9 Å². The maximum Gasteiger partial charge on any atom is 0.319 e. The predicted octanol–water partition coefficient (Wildman–Crippen LogP) is 6.95. The lowest BCUT2D eigenvalue weighted by Crippen LogP contribution is -2.42. The number of urea groups is 1. The van der Waals surface area contributed by atoms with Crippen molar-refractivity contribution in [3.63, 3.8) is 0 Å². The SMILES string of the molecule is CC(C)c1ccc(NC(=O)NCC2CCCN(CCCCCNC(=O)/C=C/c3ccc(Cl)c(Cl)c3)C2)cc1. The predicted molar refractivity (Wildman–Crippen MR) is 159 cm³/mol. The van der Waals surface area contributed by atoms with Crippen molar-refractivity contribution in [3.8, 4) is 0 Å². The average molecular weight is 560 g/mol. The summed E-state index contributed by atoms with van der Waals surface area (Å²) in [6, 6.07) is 13.2. The molecular formula is C30H40Cl2N4O2. The number of halogens is 2. The number of hydrogen-bond acceptors (Lipinski definition) is 3. The number of unbranched alkanes of at least 4 members (excludes halogenated alkanes) is 2. The zero-order chi connectivity index (χ0) is 27.3. The summed E-state index contributed by atoms with van der Waals surface area (Å²) in [7, 11) is 0. The molecule has 38 heavy (non-hydrogen) atoms. The van der Waals surface area contributed by atoms with Crippen LogP contribution in [0.25, 0.3) is 6.08 Å². The van der Waals surface area contributed by atoms with Crippen LogP contribution in [0, 0.1) is 5.92 Å². The van der Waals surface area contributed by atoms with Crippen molar-refractivity contribution in [1.82, 2.24) is 15.5 Å². The molecule has 6 nitrogen and oxygen atoms in total. The maximum atomic E-state index is 12.3.